The number of hydrogen-bond donors (Lipinski definition) is 1. The highest BCUT2D eigenvalue weighted by Crippen LogP contribution is 2.28. The third-order valence-electron chi connectivity index (χ3n) is 2.68. The van der Waals surface area contributed by atoms with Crippen LogP contribution in [0.2, 0.25) is 5.02 Å². The quantitative estimate of drug-likeness (QED) is 0.690. The smallest absolute Gasteiger partial charge is 0.294 e. The Bertz CT molecular complexity index is 686. The van der Waals surface area contributed by atoms with Crippen LogP contribution in [0.3, 0.4) is 0 Å². The third-order valence-corrected chi connectivity index (χ3v) is 2.92. The number of rotatable bonds is 3. The first-order valence-corrected chi connectivity index (χ1v) is 6.17. The van der Waals surface area contributed by atoms with Gasteiger partial charge in [-0.2, -0.15) is 0 Å². The molecule has 0 saturated carbocycles. The molecule has 0 bridgehead atoms. The standard InChI is InChI=1S/C14H11ClN2O3/c1-9-3-2-4-10(7-9)14(18)16-12-6-5-11(15)8-13(12)17(19)20/h2-8H,1H3,(H,16,18). The van der Waals surface area contributed by atoms with Gasteiger partial charge in [0.1, 0.15) is 5.69 Å². The van der Waals surface area contributed by atoms with Crippen molar-refractivity contribution in [2.45, 2.75) is 6.92 Å². The second-order valence-electron chi connectivity index (χ2n) is 4.24. The molecule has 0 aliphatic carbocycles. The fourth-order valence-electron chi connectivity index (χ4n) is 1.74. The van der Waals surface area contributed by atoms with Crippen LogP contribution in [0.15, 0.2) is 42.5 Å². The zero-order valence-electron chi connectivity index (χ0n) is 10.6. The molecule has 102 valence electrons. The van der Waals surface area contributed by atoms with E-state index < -0.39 is 10.8 Å². The lowest BCUT2D eigenvalue weighted by atomic mass is 10.1. The first-order valence-electron chi connectivity index (χ1n) is 5.79. The monoisotopic (exact) mass is 290 g/mol. The number of nitrogens with one attached hydrogen (secondary N) is 1. The number of nitro groups is 1. The molecule has 20 heavy (non-hydrogen) atoms. The van der Waals surface area contributed by atoms with Crippen LogP contribution in [0.5, 0.6) is 0 Å². The van der Waals surface area contributed by atoms with Crippen LogP contribution in [0, 0.1) is 17.0 Å². The van der Waals surface area contributed by atoms with Gasteiger partial charge in [0.15, 0.2) is 0 Å². The molecule has 0 atom stereocenters. The molecular weight excluding hydrogens is 280 g/mol. The topological polar surface area (TPSA) is 72.2 Å². The molecule has 2 aromatic carbocycles. The van der Waals surface area contributed by atoms with Gasteiger partial charge in [0.25, 0.3) is 11.6 Å². The van der Waals surface area contributed by atoms with Gasteiger partial charge in [0.05, 0.1) is 4.92 Å². The number of hydrogen-bond acceptors (Lipinski definition) is 3. The fourth-order valence-corrected chi connectivity index (χ4v) is 1.91. The zero-order chi connectivity index (χ0) is 14.7. The van der Waals surface area contributed by atoms with E-state index in [1.165, 1.54) is 18.2 Å². The summed E-state index contributed by atoms with van der Waals surface area (Å²) in [5, 5.41) is 13.7. The van der Waals surface area contributed by atoms with Crippen LogP contribution < -0.4 is 5.32 Å². The minimum absolute atomic E-state index is 0.117. The molecule has 1 N–H and O–H groups in total. The highest BCUT2D eigenvalue weighted by atomic mass is 35.5. The molecule has 0 spiro atoms. The molecule has 2 rings (SSSR count). The van der Waals surface area contributed by atoms with E-state index >= 15 is 0 Å². The lowest BCUT2D eigenvalue weighted by Crippen LogP contribution is -2.13. The van der Waals surface area contributed by atoms with Crippen LogP contribution in [0.1, 0.15) is 15.9 Å². The number of amides is 1. The fraction of sp³-hybridized carbons (Fsp3) is 0.0714. The van der Waals surface area contributed by atoms with Gasteiger partial charge >= 0.3 is 0 Å². The highest BCUT2D eigenvalue weighted by Gasteiger charge is 2.17. The summed E-state index contributed by atoms with van der Waals surface area (Å²) in [5.41, 5.74) is 1.25. The SMILES string of the molecule is Cc1cccc(C(=O)Nc2ccc(Cl)cc2[N+](=O)[O-])c1. The second-order valence-corrected chi connectivity index (χ2v) is 4.68. The summed E-state index contributed by atoms with van der Waals surface area (Å²) >= 11 is 5.72. The van der Waals surface area contributed by atoms with Crippen molar-refractivity contribution in [3.63, 3.8) is 0 Å². The summed E-state index contributed by atoms with van der Waals surface area (Å²) in [6, 6.07) is 11.1. The summed E-state index contributed by atoms with van der Waals surface area (Å²) in [6.45, 7) is 1.86. The molecule has 0 aliphatic rings. The van der Waals surface area contributed by atoms with Gasteiger partial charge in [0, 0.05) is 16.7 Å². The van der Waals surface area contributed by atoms with Crippen LogP contribution in [-0.2, 0) is 0 Å². The Hall–Kier alpha value is -2.40. The molecule has 0 heterocycles. The lowest BCUT2D eigenvalue weighted by Gasteiger charge is -2.07. The van der Waals surface area contributed by atoms with Crippen molar-refractivity contribution in [1.82, 2.24) is 0 Å². The van der Waals surface area contributed by atoms with E-state index in [0.717, 1.165) is 5.56 Å². The summed E-state index contributed by atoms with van der Waals surface area (Å²) in [7, 11) is 0. The predicted molar refractivity (Wildman–Crippen MR) is 77.2 cm³/mol. The van der Waals surface area contributed by atoms with Gasteiger partial charge in [-0.05, 0) is 31.2 Å². The number of benzene rings is 2. The Balaban J connectivity index is 2.30. The second kappa shape index (κ2) is 5.71. The van der Waals surface area contributed by atoms with Gasteiger partial charge in [-0.3, -0.25) is 14.9 Å². The predicted octanol–water partition coefficient (Wildman–Crippen LogP) is 3.81. The van der Waals surface area contributed by atoms with E-state index in [2.05, 4.69) is 5.32 Å². The Kier molecular flexibility index (Phi) is 4.00. The largest absolute Gasteiger partial charge is 0.316 e. The minimum Gasteiger partial charge on any atom is -0.316 e. The zero-order valence-corrected chi connectivity index (χ0v) is 11.3. The first-order chi connectivity index (χ1) is 9.47. The average Bonchev–Trinajstić information content (AvgIpc) is 2.40. The number of aryl methyl sites for hydroxylation is 1. The van der Waals surface area contributed by atoms with Gasteiger partial charge in [-0.1, -0.05) is 29.3 Å². The van der Waals surface area contributed by atoms with E-state index in [0.29, 0.717) is 5.56 Å². The molecule has 0 aromatic heterocycles. The van der Waals surface area contributed by atoms with Crippen molar-refractivity contribution in [2.24, 2.45) is 0 Å². The number of nitrogens with zero attached hydrogens (tertiary/aromatic N) is 1. The van der Waals surface area contributed by atoms with Gasteiger partial charge in [-0.25, -0.2) is 0 Å². The molecule has 0 saturated heterocycles. The van der Waals surface area contributed by atoms with Crippen molar-refractivity contribution in [1.29, 1.82) is 0 Å². The van der Waals surface area contributed by atoms with Gasteiger partial charge in [-0.15, -0.1) is 0 Å². The average molecular weight is 291 g/mol. The lowest BCUT2D eigenvalue weighted by molar-refractivity contribution is -0.383. The Labute approximate surface area is 120 Å². The number of nitro benzene ring substituents is 1. The van der Waals surface area contributed by atoms with Crippen molar-refractivity contribution in [3.8, 4) is 0 Å². The molecule has 0 fully saturated rings. The summed E-state index contributed by atoms with van der Waals surface area (Å²) < 4.78 is 0. The van der Waals surface area contributed by atoms with E-state index in [1.54, 1.807) is 18.2 Å². The third kappa shape index (κ3) is 3.13. The van der Waals surface area contributed by atoms with Crippen LogP contribution in [0.25, 0.3) is 0 Å². The molecular formula is C14H11ClN2O3. The van der Waals surface area contributed by atoms with Crippen molar-refractivity contribution in [3.05, 3.63) is 68.7 Å². The van der Waals surface area contributed by atoms with Crippen molar-refractivity contribution >= 4 is 28.9 Å². The minimum atomic E-state index is -0.586. The highest BCUT2D eigenvalue weighted by molar-refractivity contribution is 6.31. The van der Waals surface area contributed by atoms with Crippen molar-refractivity contribution < 1.29 is 9.72 Å². The molecule has 2 aromatic rings. The van der Waals surface area contributed by atoms with Crippen LogP contribution in [-0.4, -0.2) is 10.8 Å². The normalized spacial score (nSPS) is 10.1. The summed E-state index contributed by atoms with van der Waals surface area (Å²) in [4.78, 5) is 22.4. The van der Waals surface area contributed by atoms with Crippen LogP contribution >= 0.6 is 11.6 Å². The summed E-state index contributed by atoms with van der Waals surface area (Å²) in [5.74, 6) is -0.404. The van der Waals surface area contributed by atoms with Gasteiger partial charge in [0.2, 0.25) is 0 Å². The maximum absolute atomic E-state index is 12.1. The summed E-state index contributed by atoms with van der Waals surface area (Å²) in [6.07, 6.45) is 0. The maximum Gasteiger partial charge on any atom is 0.294 e. The molecule has 0 unspecified atom stereocenters. The van der Waals surface area contributed by atoms with E-state index in [9.17, 15) is 14.9 Å². The number of anilines is 1. The first kappa shape index (κ1) is 14.0. The Morgan fingerprint density at radius 2 is 2.00 bits per heavy atom. The van der Waals surface area contributed by atoms with E-state index in [4.69, 9.17) is 11.6 Å². The van der Waals surface area contributed by atoms with Crippen molar-refractivity contribution in [2.75, 3.05) is 5.32 Å². The Morgan fingerprint density at radius 3 is 2.65 bits per heavy atom. The van der Waals surface area contributed by atoms with E-state index in [-0.39, 0.29) is 16.4 Å². The molecule has 0 radical (unpaired) electrons. The van der Waals surface area contributed by atoms with E-state index in [1.807, 2.05) is 13.0 Å². The molecule has 0 aliphatic heterocycles. The molecule has 1 amide bonds. The number of halogens is 1. The molecule has 5 nitrogen and oxygen atoms in total. The molecule has 6 heteroatoms. The maximum atomic E-state index is 12.1. The van der Waals surface area contributed by atoms with Crippen LogP contribution in [0.4, 0.5) is 11.4 Å². The Morgan fingerprint density at radius 1 is 1.25 bits per heavy atom. The number of carbonyl (C=O) groups is 1. The number of carbonyl (C=O) groups excluding carboxylic acids is 1. The van der Waals surface area contributed by atoms with Gasteiger partial charge < -0.3 is 5.32 Å².